The third-order valence-electron chi connectivity index (χ3n) is 1.24. The van der Waals surface area contributed by atoms with Gasteiger partial charge in [0.2, 0.25) is 0 Å². The molecule has 1 rings (SSSR count). The first kappa shape index (κ1) is 11.0. The summed E-state index contributed by atoms with van der Waals surface area (Å²) in [6.45, 7) is 0. The van der Waals surface area contributed by atoms with Gasteiger partial charge >= 0.3 is 17.8 Å². The van der Waals surface area contributed by atoms with Crippen molar-refractivity contribution in [3.8, 4) is 0 Å². The van der Waals surface area contributed by atoms with Gasteiger partial charge in [-0.1, -0.05) is 0 Å². The molecule has 0 fully saturated rings. The second-order valence-corrected chi connectivity index (χ2v) is 2.32. The lowest BCUT2D eigenvalue weighted by Crippen LogP contribution is -2.40. The van der Waals surface area contributed by atoms with Gasteiger partial charge in [0.15, 0.2) is 0 Å². The van der Waals surface area contributed by atoms with Crippen LogP contribution in [0.15, 0.2) is 17.1 Å². The van der Waals surface area contributed by atoms with E-state index in [2.05, 4.69) is 9.82 Å². The average molecular weight is 223 g/mol. The molecule has 0 bridgehead atoms. The van der Waals surface area contributed by atoms with Crippen LogP contribution in [0.2, 0.25) is 0 Å². The van der Waals surface area contributed by atoms with Gasteiger partial charge in [-0.05, 0) is 0 Å². The Balaban J connectivity index is 3.01. The lowest BCUT2D eigenvalue weighted by atomic mass is 10.6. The van der Waals surface area contributed by atoms with Crippen LogP contribution in [0.5, 0.6) is 0 Å². The topological polar surface area (TPSA) is 87.2 Å². The number of hydrogen-bond acceptors (Lipinski definition) is 5. The maximum atomic E-state index is 11.7. The van der Waals surface area contributed by atoms with Crippen LogP contribution in [0.4, 0.5) is 19.0 Å². The number of nitrogens with two attached hydrogens (primary N) is 1. The molecule has 0 amide bonds. The molecule has 15 heavy (non-hydrogen) atoms. The molecule has 0 radical (unpaired) electrons. The van der Waals surface area contributed by atoms with Crippen molar-refractivity contribution in [2.75, 3.05) is 5.73 Å². The summed E-state index contributed by atoms with van der Waals surface area (Å²) >= 11 is 0. The van der Waals surface area contributed by atoms with Crippen LogP contribution in [0.25, 0.3) is 0 Å². The molecule has 82 valence electrons. The number of carbonyl (C=O) groups is 1. The van der Waals surface area contributed by atoms with E-state index in [0.717, 1.165) is 12.3 Å². The fraction of sp³-hybridized carbons (Fsp3) is 0.167. The van der Waals surface area contributed by atoms with Crippen LogP contribution < -0.4 is 16.3 Å². The van der Waals surface area contributed by atoms with Crippen molar-refractivity contribution in [1.29, 1.82) is 0 Å². The van der Waals surface area contributed by atoms with E-state index in [1.165, 1.54) is 0 Å². The maximum absolute atomic E-state index is 11.7. The van der Waals surface area contributed by atoms with E-state index >= 15 is 0 Å². The van der Waals surface area contributed by atoms with Crippen LogP contribution in [0.3, 0.4) is 0 Å². The van der Waals surface area contributed by atoms with Gasteiger partial charge in [-0.15, -0.1) is 4.73 Å². The minimum Gasteiger partial charge on any atom is -0.382 e. The van der Waals surface area contributed by atoms with Gasteiger partial charge in [0.25, 0.3) is 0 Å². The SMILES string of the molecule is Nc1ccnc(=O)n1OC(=O)C(F)(F)F. The van der Waals surface area contributed by atoms with E-state index in [-0.39, 0.29) is 4.73 Å². The van der Waals surface area contributed by atoms with Gasteiger partial charge < -0.3 is 10.6 Å². The molecule has 0 aromatic carbocycles. The van der Waals surface area contributed by atoms with E-state index in [1.54, 1.807) is 0 Å². The number of nitrogens with zero attached hydrogens (tertiary/aromatic N) is 2. The molecule has 2 N–H and O–H groups in total. The van der Waals surface area contributed by atoms with Crippen molar-refractivity contribution in [3.05, 3.63) is 22.7 Å². The largest absolute Gasteiger partial charge is 0.493 e. The summed E-state index contributed by atoms with van der Waals surface area (Å²) in [5.41, 5.74) is 3.88. The summed E-state index contributed by atoms with van der Waals surface area (Å²) in [5, 5.41) is 0. The van der Waals surface area contributed by atoms with Gasteiger partial charge in [0.05, 0.1) is 0 Å². The zero-order valence-corrected chi connectivity index (χ0v) is 6.99. The van der Waals surface area contributed by atoms with Gasteiger partial charge in [0, 0.05) is 12.3 Å². The number of halogens is 3. The number of aromatic nitrogens is 2. The second kappa shape index (κ2) is 3.59. The Bertz CT molecular complexity index is 439. The van der Waals surface area contributed by atoms with Crippen molar-refractivity contribution in [3.63, 3.8) is 0 Å². The highest BCUT2D eigenvalue weighted by Crippen LogP contribution is 2.15. The number of nitrogen functional groups attached to an aromatic ring is 1. The molecule has 0 spiro atoms. The third-order valence-corrected chi connectivity index (χ3v) is 1.24. The zero-order valence-electron chi connectivity index (χ0n) is 6.99. The Labute approximate surface area is 80.0 Å². The van der Waals surface area contributed by atoms with Crippen LogP contribution >= 0.6 is 0 Å². The first-order valence-electron chi connectivity index (χ1n) is 3.45. The van der Waals surface area contributed by atoms with Crippen molar-refractivity contribution in [2.24, 2.45) is 0 Å². The number of hydrogen-bond donors (Lipinski definition) is 1. The average Bonchev–Trinajstić information content (AvgIpc) is 2.09. The molecule has 0 atom stereocenters. The fourth-order valence-corrected chi connectivity index (χ4v) is 0.634. The smallest absolute Gasteiger partial charge is 0.382 e. The maximum Gasteiger partial charge on any atom is 0.493 e. The van der Waals surface area contributed by atoms with E-state index < -0.39 is 23.7 Å². The lowest BCUT2D eigenvalue weighted by molar-refractivity contribution is -0.200. The van der Waals surface area contributed by atoms with Crippen LogP contribution in [-0.4, -0.2) is 21.9 Å². The predicted molar refractivity (Wildman–Crippen MR) is 40.6 cm³/mol. The Kier molecular flexibility index (Phi) is 2.64. The van der Waals surface area contributed by atoms with Crippen molar-refractivity contribution in [1.82, 2.24) is 9.71 Å². The highest BCUT2D eigenvalue weighted by molar-refractivity contribution is 5.76. The molecular weight excluding hydrogens is 219 g/mol. The van der Waals surface area contributed by atoms with Crippen molar-refractivity contribution in [2.45, 2.75) is 6.18 Å². The Morgan fingerprint density at radius 3 is 2.60 bits per heavy atom. The summed E-state index contributed by atoms with van der Waals surface area (Å²) in [7, 11) is 0. The Hall–Kier alpha value is -2.06. The van der Waals surface area contributed by atoms with Gasteiger partial charge in [-0.2, -0.15) is 18.2 Å². The van der Waals surface area contributed by atoms with Crippen LogP contribution in [-0.2, 0) is 4.79 Å². The Morgan fingerprint density at radius 1 is 1.53 bits per heavy atom. The molecule has 0 aliphatic rings. The first-order chi connectivity index (χ1) is 6.82. The number of carbonyl (C=O) groups excluding carboxylic acids is 1. The molecule has 0 unspecified atom stereocenters. The predicted octanol–water partition coefficient (Wildman–Crippen LogP) is -0.657. The molecular formula is C6H4F3N3O3. The molecule has 1 aromatic rings. The van der Waals surface area contributed by atoms with Gasteiger partial charge in [-0.25, -0.2) is 9.59 Å². The molecule has 0 aliphatic carbocycles. The van der Waals surface area contributed by atoms with E-state index in [9.17, 15) is 22.8 Å². The third kappa shape index (κ3) is 2.45. The number of anilines is 1. The molecule has 0 saturated carbocycles. The normalized spacial score (nSPS) is 11.1. The minimum atomic E-state index is -5.21. The minimum absolute atomic E-state index is 0.0458. The highest BCUT2D eigenvalue weighted by Gasteiger charge is 2.42. The monoisotopic (exact) mass is 223 g/mol. The molecule has 0 aliphatic heterocycles. The molecule has 6 nitrogen and oxygen atoms in total. The molecule has 0 saturated heterocycles. The summed E-state index contributed by atoms with van der Waals surface area (Å²) in [5.74, 6) is -3.02. The van der Waals surface area contributed by atoms with E-state index in [1.807, 2.05) is 0 Å². The zero-order chi connectivity index (χ0) is 11.6. The van der Waals surface area contributed by atoms with Gasteiger partial charge in [-0.3, -0.25) is 0 Å². The molecule has 1 aromatic heterocycles. The first-order valence-corrected chi connectivity index (χ1v) is 3.45. The van der Waals surface area contributed by atoms with E-state index in [4.69, 9.17) is 5.73 Å². The summed E-state index contributed by atoms with van der Waals surface area (Å²) in [6, 6.07) is 1.01. The highest BCUT2D eigenvalue weighted by atomic mass is 19.4. The van der Waals surface area contributed by atoms with Gasteiger partial charge in [0.1, 0.15) is 5.82 Å². The van der Waals surface area contributed by atoms with Crippen molar-refractivity contribution < 1.29 is 22.8 Å². The molecule has 1 heterocycles. The lowest BCUT2D eigenvalue weighted by Gasteiger charge is -2.08. The van der Waals surface area contributed by atoms with E-state index in [0.29, 0.717) is 0 Å². The summed E-state index contributed by atoms with van der Waals surface area (Å²) < 4.78 is 35.2. The van der Waals surface area contributed by atoms with Crippen LogP contribution in [0.1, 0.15) is 0 Å². The standard InChI is InChI=1S/C6H4F3N3O3/c7-6(8,9)4(13)15-12-3(10)1-2-11-5(12)14/h1-2H,10H2. The van der Waals surface area contributed by atoms with Crippen LogP contribution in [0, 0.1) is 0 Å². The second-order valence-electron chi connectivity index (χ2n) is 2.32. The Morgan fingerprint density at radius 2 is 2.13 bits per heavy atom. The quantitative estimate of drug-likeness (QED) is 0.683. The summed E-state index contributed by atoms with van der Waals surface area (Å²) in [6.07, 6.45) is -4.24. The number of rotatable bonds is 1. The number of alkyl halides is 3. The summed E-state index contributed by atoms with van der Waals surface area (Å²) in [4.78, 5) is 27.9. The molecule has 9 heteroatoms. The van der Waals surface area contributed by atoms with Crippen molar-refractivity contribution >= 4 is 11.8 Å². The fourth-order valence-electron chi connectivity index (χ4n) is 0.634.